The number of esters is 1. The van der Waals surface area contributed by atoms with E-state index >= 15 is 0 Å². The quantitative estimate of drug-likeness (QED) is 0.631. The standard InChI is InChI=1S/C11H17NO4/c1-8-7-11(16-12-8)9(13)14-10(15-11)5-3-2-4-6-10/h8,12H,2-7H2,1H3. The smallest absolute Gasteiger partial charge is 0.371 e. The fraction of sp³-hybridized carbons (Fsp3) is 0.909. The highest BCUT2D eigenvalue weighted by Gasteiger charge is 2.62. The van der Waals surface area contributed by atoms with Gasteiger partial charge < -0.3 is 4.74 Å². The molecule has 2 saturated heterocycles. The third-order valence-corrected chi connectivity index (χ3v) is 3.56. The van der Waals surface area contributed by atoms with Gasteiger partial charge in [-0.05, 0) is 19.8 Å². The van der Waals surface area contributed by atoms with Crippen molar-refractivity contribution in [2.45, 2.75) is 63.1 Å². The van der Waals surface area contributed by atoms with Gasteiger partial charge in [-0.1, -0.05) is 6.42 Å². The van der Waals surface area contributed by atoms with Crippen LogP contribution in [0.25, 0.3) is 0 Å². The molecule has 16 heavy (non-hydrogen) atoms. The molecule has 1 aliphatic carbocycles. The maximum atomic E-state index is 11.9. The monoisotopic (exact) mass is 227 g/mol. The molecule has 0 radical (unpaired) electrons. The first-order valence-corrected chi connectivity index (χ1v) is 6.01. The van der Waals surface area contributed by atoms with Crippen LogP contribution < -0.4 is 5.48 Å². The van der Waals surface area contributed by atoms with Crippen molar-refractivity contribution in [2.24, 2.45) is 0 Å². The number of nitrogens with one attached hydrogen (secondary N) is 1. The maximum Gasteiger partial charge on any atom is 0.371 e. The van der Waals surface area contributed by atoms with Crippen LogP contribution in [-0.2, 0) is 19.1 Å². The number of carbonyl (C=O) groups excluding carboxylic acids is 1. The summed E-state index contributed by atoms with van der Waals surface area (Å²) in [5.41, 5.74) is 2.78. The van der Waals surface area contributed by atoms with Crippen molar-refractivity contribution in [1.29, 1.82) is 0 Å². The van der Waals surface area contributed by atoms with E-state index in [-0.39, 0.29) is 12.0 Å². The minimum Gasteiger partial charge on any atom is -0.429 e. The lowest BCUT2D eigenvalue weighted by Crippen LogP contribution is -2.39. The van der Waals surface area contributed by atoms with Gasteiger partial charge in [0.2, 0.25) is 5.79 Å². The Labute approximate surface area is 94.4 Å². The summed E-state index contributed by atoms with van der Waals surface area (Å²) in [6.07, 6.45) is 5.38. The van der Waals surface area contributed by atoms with Crippen LogP contribution in [0, 0.1) is 0 Å². The molecule has 2 heterocycles. The van der Waals surface area contributed by atoms with Gasteiger partial charge in [-0.2, -0.15) is 5.48 Å². The Hall–Kier alpha value is -0.650. The van der Waals surface area contributed by atoms with Gasteiger partial charge in [0.1, 0.15) is 0 Å². The largest absolute Gasteiger partial charge is 0.429 e. The first-order valence-electron chi connectivity index (χ1n) is 6.01. The minimum atomic E-state index is -1.18. The summed E-state index contributed by atoms with van der Waals surface area (Å²) in [4.78, 5) is 17.2. The molecule has 3 rings (SSSR count). The van der Waals surface area contributed by atoms with Gasteiger partial charge in [-0.3, -0.25) is 9.57 Å². The lowest BCUT2D eigenvalue weighted by molar-refractivity contribution is -0.270. The predicted molar refractivity (Wildman–Crippen MR) is 54.0 cm³/mol. The second-order valence-corrected chi connectivity index (χ2v) is 5.04. The molecule has 1 N–H and O–H groups in total. The summed E-state index contributed by atoms with van der Waals surface area (Å²) < 4.78 is 11.3. The summed E-state index contributed by atoms with van der Waals surface area (Å²) in [5.74, 6) is -2.26. The molecule has 0 aromatic heterocycles. The van der Waals surface area contributed by atoms with E-state index in [1.54, 1.807) is 0 Å². The number of hydrogen-bond donors (Lipinski definition) is 1. The van der Waals surface area contributed by atoms with E-state index in [2.05, 4.69) is 5.48 Å². The van der Waals surface area contributed by atoms with Gasteiger partial charge in [0.25, 0.3) is 5.79 Å². The van der Waals surface area contributed by atoms with Crippen LogP contribution in [0.4, 0.5) is 0 Å². The van der Waals surface area contributed by atoms with Gasteiger partial charge in [0.15, 0.2) is 0 Å². The molecule has 5 nitrogen and oxygen atoms in total. The number of hydrogen-bond acceptors (Lipinski definition) is 5. The van der Waals surface area contributed by atoms with Gasteiger partial charge in [-0.15, -0.1) is 0 Å². The summed E-state index contributed by atoms with van der Waals surface area (Å²) in [5, 5.41) is 0. The molecule has 3 aliphatic rings. The van der Waals surface area contributed by atoms with Crippen LogP contribution >= 0.6 is 0 Å². The van der Waals surface area contributed by atoms with Crippen molar-refractivity contribution >= 4 is 5.97 Å². The number of rotatable bonds is 0. The SMILES string of the molecule is CC1CC2(ON1)OC1(CCCCC1)OC2=O. The molecule has 0 amide bonds. The third-order valence-electron chi connectivity index (χ3n) is 3.56. The summed E-state index contributed by atoms with van der Waals surface area (Å²) in [6, 6.07) is 0.117. The van der Waals surface area contributed by atoms with E-state index in [1.807, 2.05) is 6.92 Å². The van der Waals surface area contributed by atoms with Crippen molar-refractivity contribution in [3.8, 4) is 0 Å². The molecular formula is C11H17NO4. The van der Waals surface area contributed by atoms with Gasteiger partial charge >= 0.3 is 5.97 Å². The Balaban J connectivity index is 1.81. The Morgan fingerprint density at radius 1 is 1.31 bits per heavy atom. The minimum absolute atomic E-state index is 0.117. The fourth-order valence-corrected chi connectivity index (χ4v) is 2.77. The molecule has 2 unspecified atom stereocenters. The van der Waals surface area contributed by atoms with Crippen LogP contribution in [0.1, 0.15) is 45.4 Å². The molecule has 0 bridgehead atoms. The highest BCUT2D eigenvalue weighted by atomic mass is 16.9. The first-order chi connectivity index (χ1) is 7.64. The lowest BCUT2D eigenvalue weighted by atomic mass is 9.94. The second-order valence-electron chi connectivity index (χ2n) is 5.04. The first kappa shape index (κ1) is 10.5. The molecular weight excluding hydrogens is 210 g/mol. The van der Waals surface area contributed by atoms with Crippen molar-refractivity contribution in [2.75, 3.05) is 0 Å². The lowest BCUT2D eigenvalue weighted by Gasteiger charge is -2.31. The zero-order valence-electron chi connectivity index (χ0n) is 9.45. The van der Waals surface area contributed by atoms with Crippen molar-refractivity contribution in [1.82, 2.24) is 5.48 Å². The molecule has 0 aromatic carbocycles. The Bertz CT molecular complexity index is 313. The Kier molecular flexibility index (Phi) is 2.24. The van der Waals surface area contributed by atoms with Crippen LogP contribution in [0.2, 0.25) is 0 Å². The predicted octanol–water partition coefficient (Wildman–Crippen LogP) is 1.23. The summed E-state index contributed by atoms with van der Waals surface area (Å²) in [6.45, 7) is 1.96. The van der Waals surface area contributed by atoms with E-state index in [1.165, 1.54) is 6.42 Å². The van der Waals surface area contributed by atoms with Gasteiger partial charge in [0.05, 0.1) is 0 Å². The van der Waals surface area contributed by atoms with E-state index in [9.17, 15) is 4.79 Å². The zero-order valence-corrected chi connectivity index (χ0v) is 9.45. The average Bonchev–Trinajstić information content (AvgIpc) is 2.72. The Morgan fingerprint density at radius 2 is 2.06 bits per heavy atom. The van der Waals surface area contributed by atoms with Crippen LogP contribution in [0.15, 0.2) is 0 Å². The highest BCUT2D eigenvalue weighted by molar-refractivity contribution is 5.80. The number of hydroxylamine groups is 1. The van der Waals surface area contributed by atoms with Gasteiger partial charge in [0, 0.05) is 25.3 Å². The van der Waals surface area contributed by atoms with Crippen LogP contribution in [0.5, 0.6) is 0 Å². The molecule has 90 valence electrons. The number of carbonyl (C=O) groups is 1. The normalized spacial score (nSPS) is 41.8. The van der Waals surface area contributed by atoms with Crippen molar-refractivity contribution in [3.63, 3.8) is 0 Å². The maximum absolute atomic E-state index is 11.9. The molecule has 2 atom stereocenters. The molecule has 2 spiro atoms. The molecule has 0 aromatic rings. The molecule has 3 fully saturated rings. The average molecular weight is 227 g/mol. The van der Waals surface area contributed by atoms with E-state index < -0.39 is 11.6 Å². The fourth-order valence-electron chi connectivity index (χ4n) is 2.77. The molecule has 2 aliphatic heterocycles. The van der Waals surface area contributed by atoms with Crippen LogP contribution in [0.3, 0.4) is 0 Å². The van der Waals surface area contributed by atoms with E-state index in [4.69, 9.17) is 14.3 Å². The van der Waals surface area contributed by atoms with Crippen LogP contribution in [-0.4, -0.2) is 23.6 Å². The highest BCUT2D eigenvalue weighted by Crippen LogP contribution is 2.45. The van der Waals surface area contributed by atoms with E-state index in [0.717, 1.165) is 25.7 Å². The third kappa shape index (κ3) is 1.46. The summed E-state index contributed by atoms with van der Waals surface area (Å²) >= 11 is 0. The van der Waals surface area contributed by atoms with E-state index in [0.29, 0.717) is 6.42 Å². The second kappa shape index (κ2) is 3.42. The van der Waals surface area contributed by atoms with Crippen molar-refractivity contribution < 1.29 is 19.1 Å². The zero-order chi connectivity index (χ0) is 11.2. The topological polar surface area (TPSA) is 56.8 Å². The Morgan fingerprint density at radius 3 is 2.69 bits per heavy atom. The summed E-state index contributed by atoms with van der Waals surface area (Å²) in [7, 11) is 0. The van der Waals surface area contributed by atoms with Crippen molar-refractivity contribution in [3.05, 3.63) is 0 Å². The number of ether oxygens (including phenoxy) is 2. The molecule has 1 saturated carbocycles. The van der Waals surface area contributed by atoms with Gasteiger partial charge in [-0.25, -0.2) is 4.79 Å². The molecule has 5 heteroatoms.